The Morgan fingerprint density at radius 2 is 1.44 bits per heavy atom. The lowest BCUT2D eigenvalue weighted by Gasteiger charge is -2.17. The van der Waals surface area contributed by atoms with Crippen molar-refractivity contribution in [2.75, 3.05) is 14.2 Å². The molecule has 1 aliphatic carbocycles. The first-order valence-corrected chi connectivity index (χ1v) is 11.2. The number of benzene rings is 3. The van der Waals surface area contributed by atoms with E-state index in [1.807, 2.05) is 73.7 Å². The summed E-state index contributed by atoms with van der Waals surface area (Å²) in [4.78, 5) is 5.01. The van der Waals surface area contributed by atoms with Crippen molar-refractivity contribution in [3.05, 3.63) is 113 Å². The number of hydrogen-bond acceptors (Lipinski definition) is 4. The molecule has 4 rings (SSSR count). The lowest BCUT2D eigenvalue weighted by atomic mass is 9.91. The van der Waals surface area contributed by atoms with E-state index in [9.17, 15) is 5.11 Å². The SMILES string of the molecule is C=C(N=C(/C(C)=C(\C1=CC1)c1cccc(C)c1O)c1ccc(OC)cc1)c1ccc(OC)cc1. The second-order valence-corrected chi connectivity index (χ2v) is 8.27. The van der Waals surface area contributed by atoms with Gasteiger partial charge in [0, 0.05) is 11.1 Å². The summed E-state index contributed by atoms with van der Waals surface area (Å²) in [7, 11) is 3.30. The van der Waals surface area contributed by atoms with Gasteiger partial charge in [0.25, 0.3) is 0 Å². The predicted octanol–water partition coefficient (Wildman–Crippen LogP) is 6.98. The Balaban J connectivity index is 1.88. The zero-order valence-electron chi connectivity index (χ0n) is 20.1. The Bertz CT molecular complexity index is 1310. The van der Waals surface area contributed by atoms with E-state index in [0.29, 0.717) is 11.4 Å². The summed E-state index contributed by atoms with van der Waals surface area (Å²) < 4.78 is 10.6. The summed E-state index contributed by atoms with van der Waals surface area (Å²) in [5, 5.41) is 10.9. The van der Waals surface area contributed by atoms with Gasteiger partial charge in [0.1, 0.15) is 17.2 Å². The van der Waals surface area contributed by atoms with Crippen LogP contribution in [-0.4, -0.2) is 25.0 Å². The topological polar surface area (TPSA) is 51.1 Å². The fourth-order valence-corrected chi connectivity index (χ4v) is 3.95. The van der Waals surface area contributed by atoms with Crippen LogP contribution in [0.2, 0.25) is 0 Å². The van der Waals surface area contributed by atoms with Crippen molar-refractivity contribution in [3.63, 3.8) is 0 Å². The van der Waals surface area contributed by atoms with Crippen molar-refractivity contribution in [1.29, 1.82) is 0 Å². The van der Waals surface area contributed by atoms with Crippen molar-refractivity contribution in [2.45, 2.75) is 20.3 Å². The van der Waals surface area contributed by atoms with E-state index in [1.54, 1.807) is 14.2 Å². The fourth-order valence-electron chi connectivity index (χ4n) is 3.95. The van der Waals surface area contributed by atoms with Gasteiger partial charge in [0.05, 0.1) is 25.6 Å². The van der Waals surface area contributed by atoms with Crippen LogP contribution in [0.15, 0.2) is 95.5 Å². The molecule has 1 N–H and O–H groups in total. The maximum absolute atomic E-state index is 10.9. The van der Waals surface area contributed by atoms with E-state index in [2.05, 4.69) is 19.6 Å². The van der Waals surface area contributed by atoms with Gasteiger partial charge < -0.3 is 14.6 Å². The molecule has 0 saturated heterocycles. The molecule has 0 saturated carbocycles. The molecular formula is C30H29NO3. The number of para-hydroxylation sites is 1. The van der Waals surface area contributed by atoms with E-state index >= 15 is 0 Å². The summed E-state index contributed by atoms with van der Waals surface area (Å²) in [6.07, 6.45) is 3.07. The molecule has 0 fully saturated rings. The number of allylic oxidation sites excluding steroid dienone is 4. The number of aromatic hydroxyl groups is 1. The number of phenols is 1. The summed E-state index contributed by atoms with van der Waals surface area (Å²) in [6, 6.07) is 21.4. The Hall–Kier alpha value is -4.05. The Kier molecular flexibility index (Phi) is 6.69. The molecule has 34 heavy (non-hydrogen) atoms. The third-order valence-corrected chi connectivity index (χ3v) is 6.00. The van der Waals surface area contributed by atoms with Crippen LogP contribution in [-0.2, 0) is 0 Å². The number of hydrogen-bond donors (Lipinski definition) is 1. The number of aryl methyl sites for hydroxylation is 1. The molecule has 0 aromatic heterocycles. The van der Waals surface area contributed by atoms with Gasteiger partial charge in [-0.3, -0.25) is 0 Å². The first-order valence-electron chi connectivity index (χ1n) is 11.2. The standard InChI is InChI=1S/C30H29NO3/c1-19-7-6-8-27(30(19)32)28(23-9-10-23)20(2)29(24-13-17-26(34-5)18-14-24)31-21(3)22-11-15-25(33-4)16-12-22/h6-9,11-18,32H,3,10H2,1-2,4-5H3/b28-20+,31-29?. The minimum Gasteiger partial charge on any atom is -0.507 e. The van der Waals surface area contributed by atoms with E-state index < -0.39 is 0 Å². The van der Waals surface area contributed by atoms with Crippen molar-refractivity contribution in [2.24, 2.45) is 4.99 Å². The van der Waals surface area contributed by atoms with Crippen molar-refractivity contribution in [1.82, 2.24) is 0 Å². The van der Waals surface area contributed by atoms with E-state index in [0.717, 1.165) is 57.0 Å². The quantitative estimate of drug-likeness (QED) is 0.376. The van der Waals surface area contributed by atoms with Gasteiger partial charge >= 0.3 is 0 Å². The highest BCUT2D eigenvalue weighted by Gasteiger charge is 2.24. The highest BCUT2D eigenvalue weighted by Crippen LogP contribution is 2.42. The smallest absolute Gasteiger partial charge is 0.126 e. The fraction of sp³-hybridized carbons (Fsp3) is 0.167. The van der Waals surface area contributed by atoms with Gasteiger partial charge in [-0.15, -0.1) is 0 Å². The Morgan fingerprint density at radius 1 is 0.882 bits per heavy atom. The molecule has 1 aliphatic rings. The van der Waals surface area contributed by atoms with Crippen molar-refractivity contribution in [3.8, 4) is 17.2 Å². The Morgan fingerprint density at radius 3 is 1.97 bits per heavy atom. The van der Waals surface area contributed by atoms with Crippen LogP contribution in [0.25, 0.3) is 11.3 Å². The second kappa shape index (κ2) is 9.84. The normalized spacial score (nSPS) is 13.6. The van der Waals surface area contributed by atoms with Crippen molar-refractivity contribution >= 4 is 17.0 Å². The number of aliphatic imine (C=N–C) groups is 1. The monoisotopic (exact) mass is 451 g/mol. The number of phenolic OH excluding ortho intramolecular Hbond substituents is 1. The molecule has 0 aliphatic heterocycles. The van der Waals surface area contributed by atoms with Gasteiger partial charge in [-0.2, -0.15) is 0 Å². The molecule has 0 radical (unpaired) electrons. The molecule has 3 aromatic rings. The van der Waals surface area contributed by atoms with Gasteiger partial charge in [0.2, 0.25) is 0 Å². The molecular weight excluding hydrogens is 422 g/mol. The largest absolute Gasteiger partial charge is 0.507 e. The van der Waals surface area contributed by atoms with Crippen LogP contribution in [0, 0.1) is 6.92 Å². The Labute approximate surface area is 201 Å². The second-order valence-electron chi connectivity index (χ2n) is 8.27. The molecule has 0 atom stereocenters. The average Bonchev–Trinajstić information content (AvgIpc) is 3.70. The summed E-state index contributed by atoms with van der Waals surface area (Å²) in [5.74, 6) is 1.86. The van der Waals surface area contributed by atoms with Crippen LogP contribution < -0.4 is 9.47 Å². The molecule has 0 amide bonds. The van der Waals surface area contributed by atoms with Gasteiger partial charge in [0.15, 0.2) is 0 Å². The number of methoxy groups -OCH3 is 2. The van der Waals surface area contributed by atoms with E-state index in [4.69, 9.17) is 14.5 Å². The minimum atomic E-state index is 0.299. The number of rotatable bonds is 8. The first-order chi connectivity index (χ1) is 16.4. The molecule has 3 aromatic carbocycles. The first kappa shape index (κ1) is 23.1. The zero-order valence-corrected chi connectivity index (χ0v) is 20.1. The third-order valence-electron chi connectivity index (χ3n) is 6.00. The lowest BCUT2D eigenvalue weighted by Crippen LogP contribution is -2.07. The van der Waals surface area contributed by atoms with Gasteiger partial charge in [-0.25, -0.2) is 4.99 Å². The summed E-state index contributed by atoms with van der Waals surface area (Å²) in [6.45, 7) is 8.22. The number of ether oxygens (including phenoxy) is 2. The van der Waals surface area contributed by atoms with Crippen LogP contribution in [0.1, 0.15) is 35.6 Å². The molecule has 4 nitrogen and oxygen atoms in total. The van der Waals surface area contributed by atoms with E-state index in [-0.39, 0.29) is 0 Å². The van der Waals surface area contributed by atoms with Crippen LogP contribution in [0.5, 0.6) is 17.2 Å². The third kappa shape index (κ3) is 4.81. The average molecular weight is 452 g/mol. The number of nitrogens with zero attached hydrogens (tertiary/aromatic N) is 1. The van der Waals surface area contributed by atoms with Crippen LogP contribution in [0.3, 0.4) is 0 Å². The van der Waals surface area contributed by atoms with Crippen LogP contribution in [0.4, 0.5) is 0 Å². The van der Waals surface area contributed by atoms with Gasteiger partial charge in [-0.1, -0.05) is 30.9 Å². The molecule has 172 valence electrons. The minimum absolute atomic E-state index is 0.299. The maximum atomic E-state index is 10.9. The van der Waals surface area contributed by atoms with Crippen LogP contribution >= 0.6 is 0 Å². The summed E-state index contributed by atoms with van der Waals surface area (Å²) >= 11 is 0. The van der Waals surface area contributed by atoms with Crippen molar-refractivity contribution < 1.29 is 14.6 Å². The molecule has 0 bridgehead atoms. The maximum Gasteiger partial charge on any atom is 0.126 e. The molecule has 0 heterocycles. The molecule has 0 unspecified atom stereocenters. The molecule has 4 heteroatoms. The lowest BCUT2D eigenvalue weighted by molar-refractivity contribution is 0.414. The zero-order chi connectivity index (χ0) is 24.2. The van der Waals surface area contributed by atoms with Gasteiger partial charge in [-0.05, 0) is 96.6 Å². The van der Waals surface area contributed by atoms with E-state index in [1.165, 1.54) is 5.57 Å². The predicted molar refractivity (Wildman–Crippen MR) is 140 cm³/mol. The highest BCUT2D eigenvalue weighted by molar-refractivity contribution is 6.19. The summed E-state index contributed by atoms with van der Waals surface area (Å²) in [5.41, 5.74) is 8.14. The molecule has 0 spiro atoms. The highest BCUT2D eigenvalue weighted by atomic mass is 16.5.